The fourth-order valence-corrected chi connectivity index (χ4v) is 2.21. The Balaban J connectivity index is 2.06. The molecule has 1 heterocycles. The topological polar surface area (TPSA) is 38.3 Å². The minimum atomic E-state index is -0.614. The van der Waals surface area contributed by atoms with Crippen molar-refractivity contribution in [2.24, 2.45) is 5.92 Å². The lowest BCUT2D eigenvalue weighted by Gasteiger charge is -2.36. The lowest BCUT2D eigenvalue weighted by molar-refractivity contribution is -0.149. The largest absolute Gasteiger partial charge is 0.341 e. The van der Waals surface area contributed by atoms with E-state index >= 15 is 0 Å². The number of halogens is 1. The normalized spacial score (nSPS) is 41.8. The molecular formula is C8H12ClNO2. The molecule has 0 radical (unpaired) electrons. The van der Waals surface area contributed by atoms with Crippen LogP contribution in [0.25, 0.3) is 0 Å². The van der Waals surface area contributed by atoms with E-state index in [1.807, 2.05) is 0 Å². The first-order chi connectivity index (χ1) is 5.77. The highest BCUT2D eigenvalue weighted by molar-refractivity contribution is 6.20. The molecule has 2 aliphatic rings. The number of carbonyl (C=O) groups excluding carboxylic acids is 1. The molecule has 1 aliphatic carbocycles. The zero-order chi connectivity index (χ0) is 8.55. The van der Waals surface area contributed by atoms with Gasteiger partial charge in [-0.2, -0.15) is 0 Å². The van der Waals surface area contributed by atoms with Gasteiger partial charge in [-0.1, -0.05) is 24.4 Å². The summed E-state index contributed by atoms with van der Waals surface area (Å²) in [6.45, 7) is 0. The number of carbonyl (C=O) groups is 1. The Morgan fingerprint density at radius 2 is 2.17 bits per heavy atom. The van der Waals surface area contributed by atoms with E-state index in [0.717, 1.165) is 25.7 Å². The van der Waals surface area contributed by atoms with E-state index in [9.17, 15) is 4.79 Å². The maximum Gasteiger partial charge on any atom is 0.228 e. The average Bonchev–Trinajstić information content (AvgIpc) is 2.04. The summed E-state index contributed by atoms with van der Waals surface area (Å²) in [5.41, 5.74) is -0.614. The molecular weight excluding hydrogens is 178 g/mol. The van der Waals surface area contributed by atoms with Crippen molar-refractivity contribution in [2.45, 2.75) is 37.5 Å². The smallest absolute Gasteiger partial charge is 0.228 e. The highest BCUT2D eigenvalue weighted by atomic mass is 35.5. The second-order valence-electron chi connectivity index (χ2n) is 3.39. The Labute approximate surface area is 76.4 Å². The third-order valence-corrected chi connectivity index (χ3v) is 2.80. The van der Waals surface area contributed by atoms with E-state index < -0.39 is 5.69 Å². The lowest BCUT2D eigenvalue weighted by atomic mass is 9.85. The lowest BCUT2D eigenvalue weighted by Crippen LogP contribution is -2.51. The molecule has 12 heavy (non-hydrogen) atoms. The maximum absolute atomic E-state index is 11.4. The molecule has 1 aliphatic heterocycles. The summed E-state index contributed by atoms with van der Waals surface area (Å²) < 4.78 is 5.39. The first-order valence-corrected chi connectivity index (χ1v) is 4.81. The van der Waals surface area contributed by atoms with Crippen molar-refractivity contribution >= 4 is 17.5 Å². The summed E-state index contributed by atoms with van der Waals surface area (Å²) in [6, 6.07) is 0. The van der Waals surface area contributed by atoms with E-state index in [-0.39, 0.29) is 17.9 Å². The minimum absolute atomic E-state index is 0.0498. The number of hydrogen-bond donors (Lipinski definition) is 1. The van der Waals surface area contributed by atoms with Crippen molar-refractivity contribution < 1.29 is 9.53 Å². The molecule has 1 amide bonds. The van der Waals surface area contributed by atoms with Crippen LogP contribution in [0.4, 0.5) is 0 Å². The predicted molar refractivity (Wildman–Crippen MR) is 44.6 cm³/mol. The van der Waals surface area contributed by atoms with Crippen LogP contribution >= 0.6 is 11.6 Å². The summed E-state index contributed by atoms with van der Waals surface area (Å²) in [6.07, 6.45) is 4.26. The van der Waals surface area contributed by atoms with Crippen LogP contribution in [0.5, 0.6) is 0 Å². The van der Waals surface area contributed by atoms with Crippen molar-refractivity contribution in [3.63, 3.8) is 0 Å². The zero-order valence-corrected chi connectivity index (χ0v) is 7.51. The molecule has 0 spiro atoms. The molecule has 0 aromatic heterocycles. The fourth-order valence-electron chi connectivity index (χ4n) is 1.97. The van der Waals surface area contributed by atoms with Crippen LogP contribution in [-0.2, 0) is 9.53 Å². The van der Waals surface area contributed by atoms with Gasteiger partial charge < -0.3 is 10.1 Å². The Morgan fingerprint density at radius 3 is 3.00 bits per heavy atom. The first-order valence-electron chi connectivity index (χ1n) is 4.37. The Hall–Kier alpha value is -0.280. The molecule has 2 rings (SSSR count). The molecule has 3 nitrogen and oxygen atoms in total. The number of rotatable bonds is 0. The Morgan fingerprint density at radius 1 is 1.42 bits per heavy atom. The number of amides is 1. The molecule has 1 saturated heterocycles. The SMILES string of the molecule is O=C1NC(Cl)OC2CCCCC12. The Bertz CT molecular complexity index is 197. The van der Waals surface area contributed by atoms with E-state index in [4.69, 9.17) is 16.3 Å². The van der Waals surface area contributed by atoms with Crippen molar-refractivity contribution in [2.75, 3.05) is 0 Å². The van der Waals surface area contributed by atoms with Crippen LogP contribution in [0.3, 0.4) is 0 Å². The molecule has 3 unspecified atom stereocenters. The summed E-state index contributed by atoms with van der Waals surface area (Å²) >= 11 is 5.68. The van der Waals surface area contributed by atoms with E-state index in [2.05, 4.69) is 5.32 Å². The average molecular weight is 190 g/mol. The van der Waals surface area contributed by atoms with Crippen molar-refractivity contribution in [1.29, 1.82) is 0 Å². The minimum Gasteiger partial charge on any atom is -0.341 e. The fraction of sp³-hybridized carbons (Fsp3) is 0.875. The second kappa shape index (κ2) is 3.23. The third-order valence-electron chi connectivity index (χ3n) is 2.59. The van der Waals surface area contributed by atoms with Crippen LogP contribution < -0.4 is 5.32 Å². The molecule has 3 atom stereocenters. The van der Waals surface area contributed by atoms with Crippen LogP contribution in [0.1, 0.15) is 25.7 Å². The Kier molecular flexibility index (Phi) is 2.24. The van der Waals surface area contributed by atoms with Gasteiger partial charge in [0.25, 0.3) is 0 Å². The van der Waals surface area contributed by atoms with Crippen molar-refractivity contribution in [3.05, 3.63) is 0 Å². The maximum atomic E-state index is 11.4. The number of alkyl halides is 1. The van der Waals surface area contributed by atoms with E-state index in [0.29, 0.717) is 0 Å². The van der Waals surface area contributed by atoms with Crippen molar-refractivity contribution in [3.8, 4) is 0 Å². The number of nitrogens with one attached hydrogen (secondary N) is 1. The molecule has 1 saturated carbocycles. The number of fused-ring (bicyclic) bond motifs is 1. The van der Waals surface area contributed by atoms with Crippen LogP contribution in [0.2, 0.25) is 0 Å². The third kappa shape index (κ3) is 1.43. The van der Waals surface area contributed by atoms with Gasteiger partial charge in [0.1, 0.15) is 0 Å². The van der Waals surface area contributed by atoms with Gasteiger partial charge in [-0.3, -0.25) is 4.79 Å². The van der Waals surface area contributed by atoms with Gasteiger partial charge in [-0.05, 0) is 12.8 Å². The highest BCUT2D eigenvalue weighted by Gasteiger charge is 2.37. The number of hydrogen-bond acceptors (Lipinski definition) is 2. The van der Waals surface area contributed by atoms with Gasteiger partial charge in [0.05, 0.1) is 12.0 Å². The highest BCUT2D eigenvalue weighted by Crippen LogP contribution is 2.30. The molecule has 4 heteroatoms. The monoisotopic (exact) mass is 189 g/mol. The van der Waals surface area contributed by atoms with Gasteiger partial charge in [-0.25, -0.2) is 0 Å². The molecule has 2 fully saturated rings. The van der Waals surface area contributed by atoms with Gasteiger partial charge in [-0.15, -0.1) is 0 Å². The van der Waals surface area contributed by atoms with Crippen LogP contribution in [-0.4, -0.2) is 17.7 Å². The van der Waals surface area contributed by atoms with Gasteiger partial charge in [0, 0.05) is 0 Å². The zero-order valence-electron chi connectivity index (χ0n) is 6.75. The summed E-state index contributed by atoms with van der Waals surface area (Å²) in [4.78, 5) is 11.4. The van der Waals surface area contributed by atoms with Gasteiger partial charge in [0.15, 0.2) is 0 Å². The predicted octanol–water partition coefficient (Wildman–Crippen LogP) is 1.21. The van der Waals surface area contributed by atoms with E-state index in [1.165, 1.54) is 0 Å². The molecule has 0 aromatic carbocycles. The van der Waals surface area contributed by atoms with Gasteiger partial charge in [0.2, 0.25) is 11.6 Å². The van der Waals surface area contributed by atoms with Gasteiger partial charge >= 0.3 is 0 Å². The molecule has 0 aromatic rings. The molecule has 1 N–H and O–H groups in total. The summed E-state index contributed by atoms with van der Waals surface area (Å²) in [5, 5.41) is 2.58. The standard InChI is InChI=1S/C8H12ClNO2/c9-8-10-7(11)5-3-1-2-4-6(5)12-8/h5-6,8H,1-4H2,(H,10,11). The first kappa shape index (κ1) is 8.32. The number of ether oxygens (including phenoxy) is 1. The summed E-state index contributed by atoms with van der Waals surface area (Å²) in [5.74, 6) is 0.111. The van der Waals surface area contributed by atoms with E-state index in [1.54, 1.807) is 0 Å². The van der Waals surface area contributed by atoms with Crippen LogP contribution in [0, 0.1) is 5.92 Å². The second-order valence-corrected chi connectivity index (χ2v) is 3.79. The molecule has 68 valence electrons. The molecule has 0 bridgehead atoms. The van der Waals surface area contributed by atoms with Crippen molar-refractivity contribution in [1.82, 2.24) is 5.32 Å². The summed E-state index contributed by atoms with van der Waals surface area (Å²) in [7, 11) is 0. The van der Waals surface area contributed by atoms with Crippen LogP contribution in [0.15, 0.2) is 0 Å². The quantitative estimate of drug-likeness (QED) is 0.460.